The quantitative estimate of drug-likeness (QED) is 0.713. The molecule has 0 unspecified atom stereocenters. The highest BCUT2D eigenvalue weighted by Crippen LogP contribution is 2.26. The lowest BCUT2D eigenvalue weighted by molar-refractivity contribution is 0.0772. The second kappa shape index (κ2) is 7.61. The van der Waals surface area contributed by atoms with Gasteiger partial charge < -0.3 is 14.2 Å². The number of nitrogens with one attached hydrogen (secondary N) is 1. The van der Waals surface area contributed by atoms with Crippen LogP contribution < -0.4 is 4.74 Å². The fourth-order valence-electron chi connectivity index (χ4n) is 2.52. The molecule has 1 aromatic carbocycles. The van der Waals surface area contributed by atoms with Gasteiger partial charge in [0.1, 0.15) is 12.4 Å². The first-order valence-corrected chi connectivity index (χ1v) is 8.40. The molecule has 1 amide bonds. The number of carbonyl (C=O) groups is 1. The number of aryl methyl sites for hydroxylation is 2. The van der Waals surface area contributed by atoms with Crippen molar-refractivity contribution in [3.8, 4) is 5.75 Å². The van der Waals surface area contributed by atoms with E-state index in [2.05, 4.69) is 15.4 Å². The zero-order valence-corrected chi connectivity index (χ0v) is 15.5. The molecule has 0 bridgehead atoms. The van der Waals surface area contributed by atoms with Gasteiger partial charge in [-0.1, -0.05) is 16.8 Å². The van der Waals surface area contributed by atoms with Gasteiger partial charge in [-0.2, -0.15) is 5.10 Å². The van der Waals surface area contributed by atoms with Gasteiger partial charge in [0, 0.05) is 24.3 Å². The van der Waals surface area contributed by atoms with Crippen LogP contribution in [0.2, 0.25) is 5.02 Å². The van der Waals surface area contributed by atoms with E-state index in [9.17, 15) is 4.79 Å². The molecule has 3 rings (SSSR count). The highest BCUT2D eigenvalue weighted by atomic mass is 35.5. The third-order valence-electron chi connectivity index (χ3n) is 3.88. The number of amides is 1. The summed E-state index contributed by atoms with van der Waals surface area (Å²) in [5.41, 5.74) is 2.95. The molecule has 136 valence electrons. The van der Waals surface area contributed by atoms with Crippen molar-refractivity contribution in [1.82, 2.24) is 20.3 Å². The first kappa shape index (κ1) is 18.0. The molecule has 2 aromatic heterocycles. The number of halogens is 1. The van der Waals surface area contributed by atoms with Crippen molar-refractivity contribution in [1.29, 1.82) is 0 Å². The molecule has 2 heterocycles. The Morgan fingerprint density at radius 1 is 1.31 bits per heavy atom. The zero-order valence-electron chi connectivity index (χ0n) is 14.7. The Labute approximate surface area is 155 Å². The maximum atomic E-state index is 12.4. The van der Waals surface area contributed by atoms with Crippen molar-refractivity contribution >= 4 is 17.5 Å². The van der Waals surface area contributed by atoms with Gasteiger partial charge in [0.2, 0.25) is 0 Å². The van der Waals surface area contributed by atoms with Crippen LogP contribution in [0, 0.1) is 13.8 Å². The third kappa shape index (κ3) is 4.05. The first-order valence-electron chi connectivity index (χ1n) is 8.03. The molecule has 26 heavy (non-hydrogen) atoms. The summed E-state index contributed by atoms with van der Waals surface area (Å²) >= 11 is 6.15. The predicted molar refractivity (Wildman–Crippen MR) is 96.1 cm³/mol. The fourth-order valence-corrected chi connectivity index (χ4v) is 2.63. The van der Waals surface area contributed by atoms with E-state index < -0.39 is 0 Å². The predicted octanol–water partition coefficient (Wildman–Crippen LogP) is 3.52. The summed E-state index contributed by atoms with van der Waals surface area (Å²) < 4.78 is 10.9. The van der Waals surface area contributed by atoms with E-state index >= 15 is 0 Å². The molecule has 0 spiro atoms. The van der Waals surface area contributed by atoms with Crippen LogP contribution in [0.3, 0.4) is 0 Å². The Hall–Kier alpha value is -2.80. The molecule has 7 nitrogen and oxygen atoms in total. The molecule has 0 aliphatic carbocycles. The fraction of sp³-hybridized carbons (Fsp3) is 0.278. The molecular weight excluding hydrogens is 356 g/mol. The summed E-state index contributed by atoms with van der Waals surface area (Å²) in [5, 5.41) is 11.2. The normalized spacial score (nSPS) is 10.8. The van der Waals surface area contributed by atoms with Gasteiger partial charge in [0.25, 0.3) is 5.91 Å². The lowest BCUT2D eigenvalue weighted by Crippen LogP contribution is -2.26. The third-order valence-corrected chi connectivity index (χ3v) is 4.48. The number of aromatic nitrogens is 3. The van der Waals surface area contributed by atoms with E-state index in [1.807, 2.05) is 32.0 Å². The molecule has 0 saturated carbocycles. The van der Waals surface area contributed by atoms with Gasteiger partial charge in [-0.25, -0.2) is 0 Å². The van der Waals surface area contributed by atoms with Crippen molar-refractivity contribution < 1.29 is 14.1 Å². The maximum absolute atomic E-state index is 12.4. The van der Waals surface area contributed by atoms with E-state index in [0.717, 1.165) is 21.8 Å². The second-order valence-electron chi connectivity index (χ2n) is 6.08. The van der Waals surface area contributed by atoms with Gasteiger partial charge >= 0.3 is 0 Å². The minimum atomic E-state index is -0.243. The van der Waals surface area contributed by atoms with Gasteiger partial charge in [-0.05, 0) is 43.2 Å². The van der Waals surface area contributed by atoms with Crippen molar-refractivity contribution in [3.05, 3.63) is 63.8 Å². The van der Waals surface area contributed by atoms with Crippen molar-refractivity contribution in [2.24, 2.45) is 0 Å². The summed E-state index contributed by atoms with van der Waals surface area (Å²) in [6.07, 6.45) is 1.64. The molecular formula is C18H19ClN4O3. The molecule has 3 aromatic rings. The highest BCUT2D eigenvalue weighted by molar-refractivity contribution is 6.32. The topological polar surface area (TPSA) is 84.2 Å². The molecule has 8 heteroatoms. The van der Waals surface area contributed by atoms with Crippen molar-refractivity contribution in [2.45, 2.75) is 27.0 Å². The van der Waals surface area contributed by atoms with Gasteiger partial charge in [0.05, 0.1) is 12.2 Å². The number of carbonyl (C=O) groups excluding carboxylic acids is 1. The summed E-state index contributed by atoms with van der Waals surface area (Å²) in [5.74, 6) is 0.909. The van der Waals surface area contributed by atoms with Crippen LogP contribution in [0.4, 0.5) is 0 Å². The summed E-state index contributed by atoms with van der Waals surface area (Å²) in [6.45, 7) is 4.41. The molecule has 0 aliphatic rings. The monoisotopic (exact) mass is 374 g/mol. The van der Waals surface area contributed by atoms with Crippen LogP contribution in [0.25, 0.3) is 0 Å². The Balaban J connectivity index is 1.61. The van der Waals surface area contributed by atoms with Gasteiger partial charge in [-0.15, -0.1) is 0 Å². The Kier molecular flexibility index (Phi) is 5.27. The van der Waals surface area contributed by atoms with Gasteiger partial charge in [-0.3, -0.25) is 9.89 Å². The molecule has 1 N–H and O–H groups in total. The molecule has 0 fully saturated rings. The zero-order chi connectivity index (χ0) is 18.7. The van der Waals surface area contributed by atoms with Crippen LogP contribution in [0.1, 0.15) is 33.1 Å². The molecule has 0 aliphatic heterocycles. The lowest BCUT2D eigenvalue weighted by Gasteiger charge is -2.13. The number of ether oxygens (including phenoxy) is 1. The van der Waals surface area contributed by atoms with Crippen LogP contribution >= 0.6 is 11.6 Å². The Morgan fingerprint density at radius 2 is 2.04 bits per heavy atom. The summed E-state index contributed by atoms with van der Waals surface area (Å²) in [4.78, 5) is 13.9. The van der Waals surface area contributed by atoms with E-state index in [0.29, 0.717) is 18.1 Å². The number of hydrogen-bond donors (Lipinski definition) is 1. The Morgan fingerprint density at radius 3 is 2.69 bits per heavy atom. The van der Waals surface area contributed by atoms with Crippen LogP contribution in [-0.2, 0) is 13.2 Å². The van der Waals surface area contributed by atoms with Crippen LogP contribution in [0.15, 0.2) is 35.0 Å². The number of H-pyrrole nitrogens is 1. The lowest BCUT2D eigenvalue weighted by atomic mass is 10.1. The van der Waals surface area contributed by atoms with Crippen molar-refractivity contribution in [3.63, 3.8) is 0 Å². The largest absolute Gasteiger partial charge is 0.486 e. The minimum Gasteiger partial charge on any atom is -0.486 e. The maximum Gasteiger partial charge on any atom is 0.276 e. The second-order valence-corrected chi connectivity index (χ2v) is 6.46. The van der Waals surface area contributed by atoms with Crippen LogP contribution in [0.5, 0.6) is 5.75 Å². The number of benzene rings is 1. The Bertz CT molecular complexity index is 882. The van der Waals surface area contributed by atoms with Gasteiger partial charge in [0.15, 0.2) is 11.5 Å². The number of rotatable bonds is 6. The van der Waals surface area contributed by atoms with E-state index in [4.69, 9.17) is 20.9 Å². The summed E-state index contributed by atoms with van der Waals surface area (Å²) in [6, 6.07) is 7.11. The average Bonchev–Trinajstić information content (AvgIpc) is 3.28. The average molecular weight is 375 g/mol. The number of nitrogens with zero attached hydrogens (tertiary/aromatic N) is 3. The number of hydrogen-bond acceptors (Lipinski definition) is 5. The smallest absolute Gasteiger partial charge is 0.276 e. The SMILES string of the molecule is Cc1cc(OCc2cc(C(=O)N(C)Cc3ccn[nH]3)no2)cc(C)c1Cl. The number of aromatic amines is 1. The molecule has 0 radical (unpaired) electrons. The molecule has 0 atom stereocenters. The van der Waals surface area contributed by atoms with E-state index in [1.165, 1.54) is 4.90 Å². The first-order chi connectivity index (χ1) is 12.4. The minimum absolute atomic E-state index is 0.172. The highest BCUT2D eigenvalue weighted by Gasteiger charge is 2.18. The van der Waals surface area contributed by atoms with E-state index in [1.54, 1.807) is 19.3 Å². The summed E-state index contributed by atoms with van der Waals surface area (Å²) in [7, 11) is 1.69. The van der Waals surface area contributed by atoms with Crippen molar-refractivity contribution in [2.75, 3.05) is 7.05 Å². The molecule has 0 saturated heterocycles. The standard InChI is InChI=1S/C18H19ClN4O3/c1-11-6-14(7-12(2)17(11)19)25-10-15-8-16(22-26-15)18(24)23(3)9-13-4-5-20-21-13/h4-8H,9-10H2,1-3H3,(H,20,21). The van der Waals surface area contributed by atoms with E-state index in [-0.39, 0.29) is 18.2 Å². The van der Waals surface area contributed by atoms with Crippen LogP contribution in [-0.4, -0.2) is 33.2 Å².